The van der Waals surface area contributed by atoms with Crippen molar-refractivity contribution in [2.45, 2.75) is 57.1 Å². The highest BCUT2D eigenvalue weighted by Gasteiger charge is 2.36. The second-order valence-electron chi connectivity index (χ2n) is 5.20. The molecule has 1 N–H and O–H groups in total. The van der Waals surface area contributed by atoms with E-state index in [1.54, 1.807) is 0 Å². The van der Waals surface area contributed by atoms with Gasteiger partial charge in [-0.3, -0.25) is 4.90 Å². The van der Waals surface area contributed by atoms with Gasteiger partial charge in [0.25, 0.3) is 0 Å². The molecule has 6 heteroatoms. The van der Waals surface area contributed by atoms with Gasteiger partial charge in [-0.2, -0.15) is 13.2 Å². The summed E-state index contributed by atoms with van der Waals surface area (Å²) in [5.74, 6) is 0.128. The minimum atomic E-state index is -4.11. The number of alkyl halides is 3. The lowest BCUT2D eigenvalue weighted by atomic mass is 9.88. The number of hydrogen-bond donors (Lipinski definition) is 1. The minimum absolute atomic E-state index is 0.0779. The molecule has 1 aliphatic heterocycles. The van der Waals surface area contributed by atoms with Crippen molar-refractivity contribution < 1.29 is 13.2 Å². The van der Waals surface area contributed by atoms with Crippen molar-refractivity contribution in [2.75, 3.05) is 25.4 Å². The van der Waals surface area contributed by atoms with Gasteiger partial charge in [0, 0.05) is 37.0 Å². The molecule has 0 radical (unpaired) electrons. The largest absolute Gasteiger partial charge is 0.441 e. The highest BCUT2D eigenvalue weighted by Crippen LogP contribution is 2.31. The van der Waals surface area contributed by atoms with Crippen molar-refractivity contribution >= 4 is 11.8 Å². The van der Waals surface area contributed by atoms with Crippen molar-refractivity contribution in [2.24, 2.45) is 0 Å². The second kappa shape index (κ2) is 7.18. The minimum Gasteiger partial charge on any atom is -0.308 e. The Balaban J connectivity index is 2.55. The lowest BCUT2D eigenvalue weighted by Gasteiger charge is -2.47. The molecule has 1 aliphatic rings. The van der Waals surface area contributed by atoms with Gasteiger partial charge >= 0.3 is 5.51 Å². The molecule has 2 nitrogen and oxygen atoms in total. The lowest BCUT2D eigenvalue weighted by molar-refractivity contribution is -0.0330. The van der Waals surface area contributed by atoms with Crippen LogP contribution in [0.5, 0.6) is 0 Å². The monoisotopic (exact) mass is 298 g/mol. The van der Waals surface area contributed by atoms with E-state index in [2.05, 4.69) is 31.0 Å². The van der Waals surface area contributed by atoms with Gasteiger partial charge in [0.05, 0.1) is 0 Å². The molecular formula is C13H25F3N2S. The van der Waals surface area contributed by atoms with Crippen LogP contribution in [0.4, 0.5) is 13.2 Å². The van der Waals surface area contributed by atoms with Crippen LogP contribution >= 0.6 is 11.8 Å². The molecule has 0 aliphatic carbocycles. The molecule has 1 heterocycles. The average molecular weight is 298 g/mol. The van der Waals surface area contributed by atoms with Crippen LogP contribution in [0.3, 0.4) is 0 Å². The standard InChI is InChI=1S/C13H25F3N2S/c1-4-11-9-17-12(5-2,6-3)10-18(11)7-8-19-13(14,15)16/h11,17H,4-10H2,1-3H3. The van der Waals surface area contributed by atoms with Crippen LogP contribution in [0.2, 0.25) is 0 Å². The summed E-state index contributed by atoms with van der Waals surface area (Å²) in [4.78, 5) is 2.24. The smallest absolute Gasteiger partial charge is 0.308 e. The zero-order valence-electron chi connectivity index (χ0n) is 12.0. The fraction of sp³-hybridized carbons (Fsp3) is 1.00. The zero-order chi connectivity index (χ0) is 14.5. The first-order valence-electron chi connectivity index (χ1n) is 7.05. The summed E-state index contributed by atoms with van der Waals surface area (Å²) < 4.78 is 36.6. The maximum atomic E-state index is 12.2. The molecule has 0 amide bonds. The van der Waals surface area contributed by atoms with E-state index in [4.69, 9.17) is 0 Å². The van der Waals surface area contributed by atoms with Gasteiger partial charge in [0.2, 0.25) is 0 Å². The van der Waals surface area contributed by atoms with E-state index >= 15 is 0 Å². The molecule has 0 aromatic carbocycles. The van der Waals surface area contributed by atoms with Gasteiger partial charge in [-0.25, -0.2) is 0 Å². The Kier molecular flexibility index (Phi) is 6.47. The molecule has 0 aromatic heterocycles. The Morgan fingerprint density at radius 1 is 1.26 bits per heavy atom. The number of thioether (sulfide) groups is 1. The third kappa shape index (κ3) is 5.16. The van der Waals surface area contributed by atoms with Crippen LogP contribution in [0, 0.1) is 0 Å². The topological polar surface area (TPSA) is 15.3 Å². The van der Waals surface area contributed by atoms with E-state index < -0.39 is 5.51 Å². The predicted octanol–water partition coefficient (Wildman–Crippen LogP) is 3.48. The van der Waals surface area contributed by atoms with E-state index in [1.807, 2.05) is 0 Å². The first-order chi connectivity index (χ1) is 8.86. The van der Waals surface area contributed by atoms with E-state index in [9.17, 15) is 13.2 Å². The van der Waals surface area contributed by atoms with Gasteiger partial charge in [-0.05, 0) is 31.0 Å². The number of nitrogens with zero attached hydrogens (tertiary/aromatic N) is 1. The van der Waals surface area contributed by atoms with Gasteiger partial charge in [-0.1, -0.05) is 20.8 Å². The summed E-state index contributed by atoms with van der Waals surface area (Å²) in [7, 11) is 0. The number of rotatable bonds is 6. The Bertz CT molecular complexity index is 267. The van der Waals surface area contributed by atoms with E-state index in [0.29, 0.717) is 12.6 Å². The Hall–Kier alpha value is 0.0600. The van der Waals surface area contributed by atoms with Crippen molar-refractivity contribution in [1.29, 1.82) is 0 Å². The van der Waals surface area contributed by atoms with Gasteiger partial charge in [0.1, 0.15) is 0 Å². The Morgan fingerprint density at radius 3 is 2.37 bits per heavy atom. The van der Waals surface area contributed by atoms with E-state index in [-0.39, 0.29) is 23.1 Å². The van der Waals surface area contributed by atoms with Crippen LogP contribution in [0.1, 0.15) is 40.0 Å². The average Bonchev–Trinajstić information content (AvgIpc) is 2.37. The van der Waals surface area contributed by atoms with Gasteiger partial charge < -0.3 is 5.32 Å². The van der Waals surface area contributed by atoms with E-state index in [0.717, 1.165) is 32.4 Å². The van der Waals surface area contributed by atoms with Crippen LogP contribution in [0.15, 0.2) is 0 Å². The summed E-state index contributed by atoms with van der Waals surface area (Å²) in [6, 6.07) is 0.361. The number of nitrogens with one attached hydrogen (secondary N) is 1. The number of halogens is 3. The highest BCUT2D eigenvalue weighted by atomic mass is 32.2. The second-order valence-corrected chi connectivity index (χ2v) is 6.35. The van der Waals surface area contributed by atoms with Crippen LogP contribution in [0.25, 0.3) is 0 Å². The Labute approximate surface area is 118 Å². The molecule has 0 aromatic rings. The Morgan fingerprint density at radius 2 is 1.89 bits per heavy atom. The number of piperazine rings is 1. The summed E-state index contributed by atoms with van der Waals surface area (Å²) in [6.07, 6.45) is 3.01. The molecular weight excluding hydrogens is 273 g/mol. The lowest BCUT2D eigenvalue weighted by Crippen LogP contribution is -2.63. The zero-order valence-corrected chi connectivity index (χ0v) is 12.8. The van der Waals surface area contributed by atoms with Gasteiger partial charge in [0.15, 0.2) is 0 Å². The molecule has 19 heavy (non-hydrogen) atoms. The highest BCUT2D eigenvalue weighted by molar-refractivity contribution is 8.00. The first kappa shape index (κ1) is 17.1. The molecule has 0 saturated carbocycles. The fourth-order valence-electron chi connectivity index (χ4n) is 2.70. The van der Waals surface area contributed by atoms with Crippen molar-refractivity contribution in [3.8, 4) is 0 Å². The summed E-state index contributed by atoms with van der Waals surface area (Å²) >= 11 is 0.0930. The normalized spacial score (nSPS) is 24.6. The molecule has 0 bridgehead atoms. The SMILES string of the molecule is CCC1CNC(CC)(CC)CN1CCSC(F)(F)F. The number of hydrogen-bond acceptors (Lipinski definition) is 3. The fourth-order valence-corrected chi connectivity index (χ4v) is 3.26. The van der Waals surface area contributed by atoms with Crippen LogP contribution in [-0.2, 0) is 0 Å². The van der Waals surface area contributed by atoms with Crippen molar-refractivity contribution in [3.63, 3.8) is 0 Å². The maximum absolute atomic E-state index is 12.2. The third-order valence-corrected chi connectivity index (χ3v) is 4.92. The van der Waals surface area contributed by atoms with Crippen molar-refractivity contribution in [3.05, 3.63) is 0 Å². The molecule has 0 spiro atoms. The van der Waals surface area contributed by atoms with Crippen LogP contribution in [-0.4, -0.2) is 47.4 Å². The summed E-state index contributed by atoms with van der Waals surface area (Å²) in [5.41, 5.74) is -4.03. The van der Waals surface area contributed by atoms with Gasteiger partial charge in [-0.15, -0.1) is 0 Å². The summed E-state index contributed by atoms with van der Waals surface area (Å²) in [5, 5.41) is 3.60. The third-order valence-electron chi connectivity index (χ3n) is 4.20. The molecule has 1 rings (SSSR count). The predicted molar refractivity (Wildman–Crippen MR) is 75.5 cm³/mol. The van der Waals surface area contributed by atoms with Crippen LogP contribution < -0.4 is 5.32 Å². The van der Waals surface area contributed by atoms with Crippen molar-refractivity contribution in [1.82, 2.24) is 10.2 Å². The molecule has 114 valence electrons. The molecule has 1 fully saturated rings. The summed E-state index contributed by atoms with van der Waals surface area (Å²) in [6.45, 7) is 8.65. The maximum Gasteiger partial charge on any atom is 0.441 e. The molecule has 1 atom stereocenters. The molecule has 1 saturated heterocycles. The first-order valence-corrected chi connectivity index (χ1v) is 8.04. The van der Waals surface area contributed by atoms with E-state index in [1.165, 1.54) is 0 Å². The quantitative estimate of drug-likeness (QED) is 0.808. The molecule has 1 unspecified atom stereocenters.